The van der Waals surface area contributed by atoms with Crippen molar-refractivity contribution in [3.05, 3.63) is 12.4 Å². The van der Waals surface area contributed by atoms with Crippen LogP contribution in [0.25, 0.3) is 0 Å². The number of hydrogen-bond donors (Lipinski definition) is 2. The molecule has 1 fully saturated rings. The minimum Gasteiger partial charge on any atom is -0.378 e. The first-order chi connectivity index (χ1) is 7.07. The maximum atomic E-state index is 11.5. The van der Waals surface area contributed by atoms with Gasteiger partial charge in [-0.1, -0.05) is 0 Å². The van der Waals surface area contributed by atoms with Crippen molar-refractivity contribution < 1.29 is 8.42 Å². The van der Waals surface area contributed by atoms with Crippen molar-refractivity contribution in [2.45, 2.75) is 30.6 Å². The van der Waals surface area contributed by atoms with Crippen LogP contribution in [-0.2, 0) is 9.84 Å². The lowest BCUT2D eigenvalue weighted by Gasteiger charge is -2.19. The fraction of sp³-hybridized carbons (Fsp3) is 0.667. The number of aromatic nitrogens is 2. The molecule has 1 aliphatic rings. The molecule has 2 unspecified atom stereocenters. The Balaban J connectivity index is 2.09. The van der Waals surface area contributed by atoms with Crippen LogP contribution >= 0.6 is 0 Å². The van der Waals surface area contributed by atoms with E-state index in [1.165, 1.54) is 6.26 Å². The molecule has 0 radical (unpaired) electrons. The lowest BCUT2D eigenvalue weighted by Crippen LogP contribution is -2.34. The average Bonchev–Trinajstić information content (AvgIpc) is 2.73. The Labute approximate surface area is 89.2 Å². The van der Waals surface area contributed by atoms with E-state index in [1.54, 1.807) is 12.4 Å². The van der Waals surface area contributed by atoms with Crippen molar-refractivity contribution in [2.24, 2.45) is 0 Å². The number of aromatic amines is 1. The summed E-state index contributed by atoms with van der Waals surface area (Å²) in [5.74, 6) is 0. The Bertz CT molecular complexity index is 413. The Morgan fingerprint density at radius 2 is 2.33 bits per heavy atom. The molecule has 0 aromatic carbocycles. The third-order valence-corrected chi connectivity index (χ3v) is 4.52. The van der Waals surface area contributed by atoms with Crippen molar-refractivity contribution in [1.29, 1.82) is 0 Å². The van der Waals surface area contributed by atoms with Gasteiger partial charge in [0, 0.05) is 18.5 Å². The molecule has 1 heterocycles. The number of sulfone groups is 1. The van der Waals surface area contributed by atoms with E-state index < -0.39 is 9.84 Å². The van der Waals surface area contributed by atoms with Gasteiger partial charge in [0.1, 0.15) is 0 Å². The zero-order chi connectivity index (χ0) is 10.9. The maximum absolute atomic E-state index is 11.5. The van der Waals surface area contributed by atoms with Gasteiger partial charge in [0.2, 0.25) is 0 Å². The Morgan fingerprint density at radius 1 is 1.53 bits per heavy atom. The number of H-pyrrole nitrogens is 1. The highest BCUT2D eigenvalue weighted by molar-refractivity contribution is 7.91. The van der Waals surface area contributed by atoms with Crippen LogP contribution in [0.1, 0.15) is 19.3 Å². The van der Waals surface area contributed by atoms with Gasteiger partial charge in [-0.25, -0.2) is 8.42 Å². The number of rotatable bonds is 3. The van der Waals surface area contributed by atoms with Crippen LogP contribution in [0.5, 0.6) is 0 Å². The highest BCUT2D eigenvalue weighted by Gasteiger charge is 2.34. The predicted molar refractivity (Wildman–Crippen MR) is 58.5 cm³/mol. The minimum absolute atomic E-state index is 0.0256. The van der Waals surface area contributed by atoms with E-state index in [4.69, 9.17) is 0 Å². The normalized spacial score (nSPS) is 26.7. The molecule has 2 N–H and O–H groups in total. The van der Waals surface area contributed by atoms with Gasteiger partial charge in [-0.05, 0) is 19.3 Å². The van der Waals surface area contributed by atoms with E-state index in [0.717, 1.165) is 24.9 Å². The molecule has 1 aliphatic carbocycles. The second-order valence-electron chi connectivity index (χ2n) is 4.04. The molecule has 1 aromatic rings. The van der Waals surface area contributed by atoms with Crippen molar-refractivity contribution in [1.82, 2.24) is 10.2 Å². The van der Waals surface area contributed by atoms with Crippen molar-refractivity contribution in [3.63, 3.8) is 0 Å². The summed E-state index contributed by atoms with van der Waals surface area (Å²) in [6, 6.07) is 0.0256. The highest BCUT2D eigenvalue weighted by atomic mass is 32.2. The molecule has 84 valence electrons. The first-order valence-electron chi connectivity index (χ1n) is 5.01. The Hall–Kier alpha value is -1.04. The summed E-state index contributed by atoms with van der Waals surface area (Å²) < 4.78 is 23.0. The van der Waals surface area contributed by atoms with E-state index in [9.17, 15) is 8.42 Å². The monoisotopic (exact) mass is 229 g/mol. The standard InChI is InChI=1S/C9H15N3O2S/c1-15(13,14)9-4-2-3-8(9)12-7-5-10-11-6-7/h5-6,8-9,12H,2-4H2,1H3,(H,10,11). The molecular weight excluding hydrogens is 214 g/mol. The molecule has 0 amide bonds. The van der Waals surface area contributed by atoms with Gasteiger partial charge in [0.15, 0.2) is 9.84 Å². The third-order valence-electron chi connectivity index (χ3n) is 2.85. The third kappa shape index (κ3) is 2.31. The molecule has 0 spiro atoms. The quantitative estimate of drug-likeness (QED) is 0.803. The van der Waals surface area contributed by atoms with Gasteiger partial charge in [0.05, 0.1) is 17.1 Å². The highest BCUT2D eigenvalue weighted by Crippen LogP contribution is 2.27. The molecule has 1 aromatic heterocycles. The van der Waals surface area contributed by atoms with Crippen LogP contribution in [-0.4, -0.2) is 36.2 Å². The van der Waals surface area contributed by atoms with E-state index in [-0.39, 0.29) is 11.3 Å². The molecule has 2 rings (SSSR count). The zero-order valence-electron chi connectivity index (χ0n) is 8.60. The molecule has 15 heavy (non-hydrogen) atoms. The van der Waals surface area contributed by atoms with Crippen molar-refractivity contribution in [3.8, 4) is 0 Å². The Kier molecular flexibility index (Phi) is 2.68. The van der Waals surface area contributed by atoms with Gasteiger partial charge in [-0.15, -0.1) is 0 Å². The van der Waals surface area contributed by atoms with E-state index in [0.29, 0.717) is 0 Å². The van der Waals surface area contributed by atoms with Gasteiger partial charge < -0.3 is 5.32 Å². The van der Waals surface area contributed by atoms with E-state index >= 15 is 0 Å². The molecule has 0 bridgehead atoms. The van der Waals surface area contributed by atoms with Crippen LogP contribution in [0.15, 0.2) is 12.4 Å². The summed E-state index contributed by atoms with van der Waals surface area (Å²) in [5.41, 5.74) is 0.857. The summed E-state index contributed by atoms with van der Waals surface area (Å²) in [7, 11) is -2.95. The smallest absolute Gasteiger partial charge is 0.152 e. The van der Waals surface area contributed by atoms with Crippen LogP contribution in [0.2, 0.25) is 0 Å². The Morgan fingerprint density at radius 3 is 2.93 bits per heavy atom. The molecule has 1 saturated carbocycles. The van der Waals surface area contributed by atoms with Crippen LogP contribution in [0, 0.1) is 0 Å². The largest absolute Gasteiger partial charge is 0.378 e. The molecule has 0 aliphatic heterocycles. The summed E-state index contributed by atoms with van der Waals surface area (Å²) in [6.07, 6.45) is 7.34. The lowest BCUT2D eigenvalue weighted by atomic mass is 10.2. The summed E-state index contributed by atoms with van der Waals surface area (Å²) in [4.78, 5) is 0. The van der Waals surface area contributed by atoms with Crippen LogP contribution in [0.4, 0.5) is 5.69 Å². The molecule has 5 nitrogen and oxygen atoms in total. The van der Waals surface area contributed by atoms with Crippen LogP contribution in [0.3, 0.4) is 0 Å². The topological polar surface area (TPSA) is 74.8 Å². The average molecular weight is 229 g/mol. The summed E-state index contributed by atoms with van der Waals surface area (Å²) in [5, 5.41) is 9.46. The van der Waals surface area contributed by atoms with Crippen molar-refractivity contribution >= 4 is 15.5 Å². The molecule has 2 atom stereocenters. The zero-order valence-corrected chi connectivity index (χ0v) is 9.42. The molecule has 6 heteroatoms. The van der Waals surface area contributed by atoms with E-state index in [2.05, 4.69) is 15.5 Å². The fourth-order valence-corrected chi connectivity index (χ4v) is 3.54. The SMILES string of the molecule is CS(=O)(=O)C1CCCC1Nc1cn[nH]c1. The summed E-state index contributed by atoms with van der Waals surface area (Å²) >= 11 is 0. The maximum Gasteiger partial charge on any atom is 0.152 e. The molecule has 0 saturated heterocycles. The first kappa shape index (κ1) is 10.5. The number of hydrogen-bond acceptors (Lipinski definition) is 4. The minimum atomic E-state index is -2.95. The van der Waals surface area contributed by atoms with Crippen molar-refractivity contribution in [2.75, 3.05) is 11.6 Å². The summed E-state index contributed by atoms with van der Waals surface area (Å²) in [6.45, 7) is 0. The van der Waals surface area contributed by atoms with Gasteiger partial charge in [-0.3, -0.25) is 5.10 Å². The predicted octanol–water partition coefficient (Wildman–Crippen LogP) is 0.787. The van der Waals surface area contributed by atoms with Gasteiger partial charge in [0.25, 0.3) is 0 Å². The van der Waals surface area contributed by atoms with Gasteiger partial charge in [-0.2, -0.15) is 5.10 Å². The second-order valence-corrected chi connectivity index (χ2v) is 6.30. The van der Waals surface area contributed by atoms with Gasteiger partial charge >= 0.3 is 0 Å². The first-order valence-corrected chi connectivity index (χ1v) is 6.97. The second kappa shape index (κ2) is 3.84. The lowest BCUT2D eigenvalue weighted by molar-refractivity contribution is 0.579. The fourth-order valence-electron chi connectivity index (χ4n) is 2.15. The number of nitrogens with zero attached hydrogens (tertiary/aromatic N) is 1. The number of anilines is 1. The number of nitrogens with one attached hydrogen (secondary N) is 2. The van der Waals surface area contributed by atoms with Crippen LogP contribution < -0.4 is 5.32 Å². The molecular formula is C9H15N3O2S. The van der Waals surface area contributed by atoms with E-state index in [1.807, 2.05) is 0 Å².